The Hall–Kier alpha value is -2.54. The molecule has 2 aromatic rings. The van der Waals surface area contributed by atoms with Crippen LogP contribution in [0.5, 0.6) is 5.75 Å². The minimum absolute atomic E-state index is 0.138. The van der Waals surface area contributed by atoms with Gasteiger partial charge >= 0.3 is 6.18 Å². The first kappa shape index (κ1) is 17.3. The number of carbonyl (C=O) groups excluding carboxylic acids is 1. The van der Waals surface area contributed by atoms with Crippen molar-refractivity contribution in [3.05, 3.63) is 64.7 Å². The number of halogens is 3. The third-order valence-electron chi connectivity index (χ3n) is 3.88. The molecule has 0 unspecified atom stereocenters. The van der Waals surface area contributed by atoms with Crippen molar-refractivity contribution in [2.45, 2.75) is 25.8 Å². The van der Waals surface area contributed by atoms with Gasteiger partial charge in [-0.15, -0.1) is 0 Å². The van der Waals surface area contributed by atoms with Crippen LogP contribution in [-0.2, 0) is 19.6 Å². The molecule has 132 valence electrons. The van der Waals surface area contributed by atoms with Crippen LogP contribution in [-0.4, -0.2) is 18.7 Å². The van der Waals surface area contributed by atoms with E-state index in [2.05, 4.69) is 15.4 Å². The second-order valence-corrected chi connectivity index (χ2v) is 5.82. The lowest BCUT2D eigenvalue weighted by Gasteiger charge is -2.10. The molecule has 4 nitrogen and oxygen atoms in total. The summed E-state index contributed by atoms with van der Waals surface area (Å²) in [7, 11) is 0. The highest BCUT2D eigenvalue weighted by molar-refractivity contribution is 5.94. The summed E-state index contributed by atoms with van der Waals surface area (Å²) >= 11 is 0. The van der Waals surface area contributed by atoms with Crippen LogP contribution < -0.4 is 15.4 Å². The van der Waals surface area contributed by atoms with E-state index >= 15 is 0 Å². The third-order valence-corrected chi connectivity index (χ3v) is 3.88. The standard InChI is InChI=1S/C18H17F3N2O2/c19-18(20,21)11-25-16-5-1-12(2-6-16)8-23-17(24)13-3-4-14-9-22-10-15(14)7-13/h1-7,22H,8-11H2,(H,23,24). The van der Waals surface area contributed by atoms with Gasteiger partial charge in [0, 0.05) is 25.2 Å². The highest BCUT2D eigenvalue weighted by atomic mass is 19.4. The second-order valence-electron chi connectivity index (χ2n) is 5.82. The van der Waals surface area contributed by atoms with Gasteiger partial charge < -0.3 is 15.4 Å². The normalized spacial score (nSPS) is 13.4. The number of alkyl halides is 3. The predicted octanol–water partition coefficient (Wildman–Crippen LogP) is 3.16. The van der Waals surface area contributed by atoms with Gasteiger partial charge in [0.2, 0.25) is 0 Å². The number of amides is 1. The molecule has 1 heterocycles. The molecule has 0 aromatic heterocycles. The van der Waals surface area contributed by atoms with Crippen molar-refractivity contribution in [3.63, 3.8) is 0 Å². The Bertz CT molecular complexity index is 758. The molecule has 0 radical (unpaired) electrons. The summed E-state index contributed by atoms with van der Waals surface area (Å²) in [5, 5.41) is 6.02. The van der Waals surface area contributed by atoms with E-state index in [9.17, 15) is 18.0 Å². The highest BCUT2D eigenvalue weighted by Crippen LogP contribution is 2.19. The van der Waals surface area contributed by atoms with E-state index in [1.807, 2.05) is 12.1 Å². The molecule has 7 heteroatoms. The summed E-state index contributed by atoms with van der Waals surface area (Å²) in [6, 6.07) is 11.8. The fourth-order valence-electron chi connectivity index (χ4n) is 2.59. The molecule has 3 rings (SSSR count). The number of hydrogen-bond acceptors (Lipinski definition) is 3. The van der Waals surface area contributed by atoms with E-state index in [0.717, 1.165) is 24.2 Å². The van der Waals surface area contributed by atoms with E-state index in [0.29, 0.717) is 5.56 Å². The fourth-order valence-corrected chi connectivity index (χ4v) is 2.59. The first-order chi connectivity index (χ1) is 11.9. The molecule has 0 spiro atoms. The first-order valence-corrected chi connectivity index (χ1v) is 7.80. The Kier molecular flexibility index (Phi) is 4.94. The van der Waals surface area contributed by atoms with Gasteiger partial charge in [-0.3, -0.25) is 4.79 Å². The molecule has 0 saturated carbocycles. The van der Waals surface area contributed by atoms with Crippen molar-refractivity contribution < 1.29 is 22.7 Å². The minimum atomic E-state index is -4.36. The number of nitrogens with one attached hydrogen (secondary N) is 2. The summed E-state index contributed by atoms with van der Waals surface area (Å²) in [5.41, 5.74) is 3.69. The maximum Gasteiger partial charge on any atom is 0.422 e. The van der Waals surface area contributed by atoms with Gasteiger partial charge in [0.25, 0.3) is 5.91 Å². The van der Waals surface area contributed by atoms with Crippen LogP contribution in [0.25, 0.3) is 0 Å². The molecule has 1 amide bonds. The maximum atomic E-state index is 12.2. The lowest BCUT2D eigenvalue weighted by Crippen LogP contribution is -2.23. The zero-order valence-corrected chi connectivity index (χ0v) is 13.3. The second kappa shape index (κ2) is 7.14. The largest absolute Gasteiger partial charge is 0.484 e. The quantitative estimate of drug-likeness (QED) is 0.871. The predicted molar refractivity (Wildman–Crippen MR) is 86.1 cm³/mol. The molecular weight excluding hydrogens is 333 g/mol. The van der Waals surface area contributed by atoms with Crippen molar-refractivity contribution >= 4 is 5.91 Å². The van der Waals surface area contributed by atoms with Crippen molar-refractivity contribution in [2.75, 3.05) is 6.61 Å². The Balaban J connectivity index is 1.53. The van der Waals surface area contributed by atoms with Crippen LogP contribution in [0, 0.1) is 0 Å². The van der Waals surface area contributed by atoms with E-state index in [1.54, 1.807) is 18.2 Å². The number of benzene rings is 2. The summed E-state index contributed by atoms with van der Waals surface area (Å²) in [5.74, 6) is -0.0504. The van der Waals surface area contributed by atoms with Crippen LogP contribution in [0.1, 0.15) is 27.0 Å². The summed E-state index contributed by atoms with van der Waals surface area (Å²) in [4.78, 5) is 12.2. The minimum Gasteiger partial charge on any atom is -0.484 e. The Morgan fingerprint density at radius 2 is 1.80 bits per heavy atom. The molecule has 0 fully saturated rings. The molecule has 1 aliphatic heterocycles. The SMILES string of the molecule is O=C(NCc1ccc(OCC(F)(F)F)cc1)c1ccc2c(c1)CNC2. The van der Waals surface area contributed by atoms with Gasteiger partial charge in [-0.2, -0.15) is 13.2 Å². The first-order valence-electron chi connectivity index (χ1n) is 7.80. The van der Waals surface area contributed by atoms with E-state index in [-0.39, 0.29) is 18.2 Å². The van der Waals surface area contributed by atoms with Crippen LogP contribution >= 0.6 is 0 Å². The fraction of sp³-hybridized carbons (Fsp3) is 0.278. The number of ether oxygens (including phenoxy) is 1. The summed E-state index contributed by atoms with van der Waals surface area (Å²) in [6.45, 7) is 0.541. The van der Waals surface area contributed by atoms with Gasteiger partial charge in [0.1, 0.15) is 5.75 Å². The molecule has 0 aliphatic carbocycles. The molecule has 2 N–H and O–H groups in total. The molecule has 0 atom stereocenters. The number of carbonyl (C=O) groups is 1. The van der Waals surface area contributed by atoms with E-state index in [4.69, 9.17) is 0 Å². The molecule has 0 saturated heterocycles. The Morgan fingerprint density at radius 3 is 2.52 bits per heavy atom. The molecule has 1 aliphatic rings. The summed E-state index contributed by atoms with van der Waals surface area (Å²) in [6.07, 6.45) is -4.36. The van der Waals surface area contributed by atoms with Gasteiger partial charge in [0.05, 0.1) is 0 Å². The molecule has 2 aromatic carbocycles. The van der Waals surface area contributed by atoms with Crippen molar-refractivity contribution in [1.29, 1.82) is 0 Å². The lowest BCUT2D eigenvalue weighted by atomic mass is 10.1. The van der Waals surface area contributed by atoms with Crippen molar-refractivity contribution in [1.82, 2.24) is 10.6 Å². The van der Waals surface area contributed by atoms with Gasteiger partial charge in [0.15, 0.2) is 6.61 Å². The Labute approximate surface area is 143 Å². The Morgan fingerprint density at radius 1 is 1.08 bits per heavy atom. The number of hydrogen-bond donors (Lipinski definition) is 2. The van der Waals surface area contributed by atoms with Crippen LogP contribution in [0.4, 0.5) is 13.2 Å². The number of fused-ring (bicyclic) bond motifs is 1. The van der Waals surface area contributed by atoms with Gasteiger partial charge in [-0.05, 0) is 41.0 Å². The molecule has 0 bridgehead atoms. The van der Waals surface area contributed by atoms with Crippen LogP contribution in [0.3, 0.4) is 0 Å². The van der Waals surface area contributed by atoms with E-state index in [1.165, 1.54) is 17.7 Å². The maximum absolute atomic E-state index is 12.2. The average Bonchev–Trinajstić information content (AvgIpc) is 3.05. The van der Waals surface area contributed by atoms with E-state index < -0.39 is 12.8 Å². The zero-order valence-electron chi connectivity index (χ0n) is 13.3. The van der Waals surface area contributed by atoms with Crippen LogP contribution in [0.15, 0.2) is 42.5 Å². The smallest absolute Gasteiger partial charge is 0.422 e. The average molecular weight is 350 g/mol. The zero-order chi connectivity index (χ0) is 17.9. The highest BCUT2D eigenvalue weighted by Gasteiger charge is 2.28. The van der Waals surface area contributed by atoms with Crippen molar-refractivity contribution in [3.8, 4) is 5.75 Å². The van der Waals surface area contributed by atoms with Gasteiger partial charge in [-0.25, -0.2) is 0 Å². The topological polar surface area (TPSA) is 50.4 Å². The van der Waals surface area contributed by atoms with Crippen molar-refractivity contribution in [2.24, 2.45) is 0 Å². The molecular formula is C18H17F3N2O2. The summed E-state index contributed by atoms with van der Waals surface area (Å²) < 4.78 is 40.9. The monoisotopic (exact) mass is 350 g/mol. The van der Waals surface area contributed by atoms with Gasteiger partial charge in [-0.1, -0.05) is 18.2 Å². The van der Waals surface area contributed by atoms with Crippen LogP contribution in [0.2, 0.25) is 0 Å². The molecule has 25 heavy (non-hydrogen) atoms. The number of rotatable bonds is 5. The third kappa shape index (κ3) is 4.73. The lowest BCUT2D eigenvalue weighted by molar-refractivity contribution is -0.153.